The van der Waals surface area contributed by atoms with Crippen LogP contribution >= 0.6 is 23.4 Å². The number of aliphatic hydroxyl groups excluding tert-OH is 1. The number of aliphatic hydroxyl groups is 1. The van der Waals surface area contributed by atoms with Crippen LogP contribution in [0.1, 0.15) is 23.5 Å². The summed E-state index contributed by atoms with van der Waals surface area (Å²) in [7, 11) is 3.99. The van der Waals surface area contributed by atoms with E-state index in [9.17, 15) is 0 Å². The molecule has 0 saturated carbocycles. The van der Waals surface area contributed by atoms with Crippen LogP contribution in [-0.4, -0.2) is 54.0 Å². The molecule has 2 heterocycles. The van der Waals surface area contributed by atoms with Gasteiger partial charge in [0.15, 0.2) is 11.0 Å². The Morgan fingerprint density at radius 3 is 2.75 bits per heavy atom. The van der Waals surface area contributed by atoms with E-state index in [1.165, 1.54) is 5.56 Å². The van der Waals surface area contributed by atoms with Crippen molar-refractivity contribution in [1.82, 2.24) is 29.4 Å². The van der Waals surface area contributed by atoms with E-state index < -0.39 is 0 Å². The largest absolute Gasteiger partial charge is 0.396 e. The fraction of sp³-hybridized carbons (Fsp3) is 0.421. The molecule has 0 unspecified atom stereocenters. The molecule has 9 heteroatoms. The van der Waals surface area contributed by atoms with Gasteiger partial charge in [0.05, 0.1) is 17.9 Å². The molecule has 0 amide bonds. The molecule has 0 bridgehead atoms. The van der Waals surface area contributed by atoms with E-state index in [0.29, 0.717) is 18.0 Å². The highest BCUT2D eigenvalue weighted by Crippen LogP contribution is 2.25. The zero-order chi connectivity index (χ0) is 20.1. The van der Waals surface area contributed by atoms with Gasteiger partial charge in [-0.1, -0.05) is 29.4 Å². The first-order valence-corrected chi connectivity index (χ1v) is 10.5. The van der Waals surface area contributed by atoms with Gasteiger partial charge in [-0.25, -0.2) is 0 Å². The average Bonchev–Trinajstić information content (AvgIpc) is 3.17. The monoisotopic (exact) mass is 420 g/mol. The molecule has 0 fully saturated rings. The Hall–Kier alpha value is -1.87. The van der Waals surface area contributed by atoms with E-state index in [0.717, 1.165) is 34.7 Å². The second-order valence-electron chi connectivity index (χ2n) is 6.73. The molecule has 0 aliphatic heterocycles. The number of aryl methyl sites for hydroxylation is 2. The van der Waals surface area contributed by atoms with E-state index in [2.05, 4.69) is 27.2 Å². The van der Waals surface area contributed by atoms with E-state index >= 15 is 0 Å². The van der Waals surface area contributed by atoms with Gasteiger partial charge in [0, 0.05) is 42.7 Å². The summed E-state index contributed by atoms with van der Waals surface area (Å²) in [6, 6.07) is 7.69. The Balaban J connectivity index is 1.84. The van der Waals surface area contributed by atoms with Gasteiger partial charge in [-0.3, -0.25) is 14.1 Å². The Morgan fingerprint density at radius 1 is 1.25 bits per heavy atom. The first-order valence-electron chi connectivity index (χ1n) is 9.09. The molecule has 28 heavy (non-hydrogen) atoms. The second-order valence-corrected chi connectivity index (χ2v) is 8.22. The van der Waals surface area contributed by atoms with Crippen LogP contribution in [-0.2, 0) is 20.1 Å². The maximum atomic E-state index is 9.07. The predicted octanol–water partition coefficient (Wildman–Crippen LogP) is 3.07. The minimum absolute atomic E-state index is 0.165. The van der Waals surface area contributed by atoms with Crippen molar-refractivity contribution in [2.75, 3.05) is 19.4 Å². The molecule has 1 N–H and O–H groups in total. The topological polar surface area (TPSA) is 72.0 Å². The summed E-state index contributed by atoms with van der Waals surface area (Å²) >= 11 is 7.80. The van der Waals surface area contributed by atoms with Gasteiger partial charge in [-0.2, -0.15) is 5.10 Å². The van der Waals surface area contributed by atoms with Crippen LogP contribution in [0.4, 0.5) is 0 Å². The molecule has 0 spiro atoms. The summed E-state index contributed by atoms with van der Waals surface area (Å²) in [4.78, 5) is 2.19. The third-order valence-corrected chi connectivity index (χ3v) is 5.52. The van der Waals surface area contributed by atoms with Crippen LogP contribution in [0.5, 0.6) is 0 Å². The van der Waals surface area contributed by atoms with Crippen LogP contribution in [0.2, 0.25) is 5.02 Å². The third kappa shape index (κ3) is 5.14. The molecule has 150 valence electrons. The Labute approximate surface area is 174 Å². The molecule has 3 rings (SSSR count). The molecule has 3 aromatic rings. The van der Waals surface area contributed by atoms with Gasteiger partial charge in [0.1, 0.15) is 0 Å². The molecule has 2 aromatic heterocycles. The van der Waals surface area contributed by atoms with Crippen LogP contribution in [0.25, 0.3) is 5.69 Å². The molecule has 0 aliphatic carbocycles. The molecule has 7 nitrogen and oxygen atoms in total. The standard InChI is InChI=1S/C19H25ClN6OS/c1-14-15(12-25(3)23-14)11-24(2)13-18-21-22-19(28-9-5-8-27)26(18)17-7-4-6-16(20)10-17/h4,6-7,10,12,27H,5,8-9,11,13H2,1-3H3. The number of aromatic nitrogens is 5. The first-order chi connectivity index (χ1) is 13.5. The van der Waals surface area contributed by atoms with Crippen molar-refractivity contribution in [3.63, 3.8) is 0 Å². The van der Waals surface area contributed by atoms with Gasteiger partial charge in [0.25, 0.3) is 0 Å². The van der Waals surface area contributed by atoms with Gasteiger partial charge in [-0.15, -0.1) is 10.2 Å². The minimum Gasteiger partial charge on any atom is -0.396 e. The van der Waals surface area contributed by atoms with Crippen molar-refractivity contribution < 1.29 is 5.11 Å². The van der Waals surface area contributed by atoms with E-state index in [4.69, 9.17) is 16.7 Å². The molecule has 1 aromatic carbocycles. The highest BCUT2D eigenvalue weighted by atomic mass is 35.5. The van der Waals surface area contributed by atoms with Crippen molar-refractivity contribution >= 4 is 23.4 Å². The quantitative estimate of drug-likeness (QED) is 0.423. The molecule has 0 atom stereocenters. The SMILES string of the molecule is Cc1nn(C)cc1CN(C)Cc1nnc(SCCCO)n1-c1cccc(Cl)c1. The highest BCUT2D eigenvalue weighted by molar-refractivity contribution is 7.99. The Kier molecular flexibility index (Phi) is 7.12. The second kappa shape index (κ2) is 9.56. The number of rotatable bonds is 9. The van der Waals surface area contributed by atoms with Crippen molar-refractivity contribution in [2.24, 2.45) is 7.05 Å². The predicted molar refractivity (Wildman–Crippen MR) is 112 cm³/mol. The fourth-order valence-corrected chi connectivity index (χ4v) is 4.07. The van der Waals surface area contributed by atoms with Gasteiger partial charge < -0.3 is 5.11 Å². The fourth-order valence-electron chi connectivity index (χ4n) is 2.99. The molecule has 0 radical (unpaired) electrons. The molecule has 0 aliphatic rings. The molecule has 0 saturated heterocycles. The summed E-state index contributed by atoms with van der Waals surface area (Å²) in [6.07, 6.45) is 2.76. The summed E-state index contributed by atoms with van der Waals surface area (Å²) in [5.41, 5.74) is 3.16. The number of hydrogen-bond donors (Lipinski definition) is 1. The van der Waals surface area contributed by atoms with E-state index in [1.54, 1.807) is 11.8 Å². The summed E-state index contributed by atoms with van der Waals surface area (Å²) in [5.74, 6) is 1.62. The van der Waals surface area contributed by atoms with Crippen molar-refractivity contribution in [3.8, 4) is 5.69 Å². The van der Waals surface area contributed by atoms with Crippen LogP contribution in [0.15, 0.2) is 35.6 Å². The summed E-state index contributed by atoms with van der Waals surface area (Å²) < 4.78 is 3.88. The van der Waals surface area contributed by atoms with Gasteiger partial charge in [0.2, 0.25) is 0 Å². The van der Waals surface area contributed by atoms with Crippen molar-refractivity contribution in [1.29, 1.82) is 0 Å². The zero-order valence-electron chi connectivity index (χ0n) is 16.3. The maximum Gasteiger partial charge on any atom is 0.195 e. The Bertz CT molecular complexity index is 925. The van der Waals surface area contributed by atoms with E-state index in [-0.39, 0.29) is 6.61 Å². The molecular formula is C19H25ClN6OS. The zero-order valence-corrected chi connectivity index (χ0v) is 17.9. The lowest BCUT2D eigenvalue weighted by Gasteiger charge is -2.17. The van der Waals surface area contributed by atoms with Crippen LogP contribution < -0.4 is 0 Å². The first kappa shape index (κ1) is 20.9. The molecular weight excluding hydrogens is 396 g/mol. The maximum absolute atomic E-state index is 9.07. The smallest absolute Gasteiger partial charge is 0.195 e. The highest BCUT2D eigenvalue weighted by Gasteiger charge is 2.17. The Morgan fingerprint density at radius 2 is 2.07 bits per heavy atom. The van der Waals surface area contributed by atoms with Gasteiger partial charge in [-0.05, 0) is 38.6 Å². The van der Waals surface area contributed by atoms with Crippen molar-refractivity contribution in [3.05, 3.63) is 52.6 Å². The summed E-state index contributed by atoms with van der Waals surface area (Å²) in [5, 5.41) is 23.8. The number of thioether (sulfide) groups is 1. The number of hydrogen-bond acceptors (Lipinski definition) is 6. The number of halogens is 1. The third-order valence-electron chi connectivity index (χ3n) is 4.27. The lowest BCUT2D eigenvalue weighted by molar-refractivity contribution is 0.296. The van der Waals surface area contributed by atoms with Crippen LogP contribution in [0.3, 0.4) is 0 Å². The summed E-state index contributed by atoms with van der Waals surface area (Å²) in [6.45, 7) is 3.59. The number of benzene rings is 1. The minimum atomic E-state index is 0.165. The number of nitrogens with zero attached hydrogens (tertiary/aromatic N) is 6. The van der Waals surface area contributed by atoms with Crippen LogP contribution in [0, 0.1) is 6.92 Å². The lowest BCUT2D eigenvalue weighted by atomic mass is 10.2. The lowest BCUT2D eigenvalue weighted by Crippen LogP contribution is -2.20. The van der Waals surface area contributed by atoms with E-state index in [1.807, 2.05) is 53.7 Å². The normalized spacial score (nSPS) is 11.5. The van der Waals surface area contributed by atoms with Gasteiger partial charge >= 0.3 is 0 Å². The average molecular weight is 421 g/mol. The van der Waals surface area contributed by atoms with Crippen molar-refractivity contribution in [2.45, 2.75) is 31.6 Å².